The lowest BCUT2D eigenvalue weighted by Gasteiger charge is -2.31. The number of benzene rings is 1. The fourth-order valence-electron chi connectivity index (χ4n) is 1.87. The first-order valence-electron chi connectivity index (χ1n) is 5.58. The van der Waals surface area contributed by atoms with Crippen molar-refractivity contribution in [1.82, 2.24) is 0 Å². The molecule has 1 aromatic rings. The molecule has 0 unspecified atom stereocenters. The van der Waals surface area contributed by atoms with E-state index in [1.165, 1.54) is 29.2 Å². The molecule has 3 heteroatoms. The monoisotopic (exact) mass is 222 g/mol. The molecule has 2 rings (SSSR count). The van der Waals surface area contributed by atoms with E-state index in [-0.39, 0.29) is 0 Å². The molecule has 82 valence electrons. The largest absolute Gasteiger partial charge is 0.399 e. The average molecular weight is 222 g/mol. The Balaban J connectivity index is 2.20. The van der Waals surface area contributed by atoms with Crippen LogP contribution in [0.2, 0.25) is 0 Å². The van der Waals surface area contributed by atoms with Gasteiger partial charge in [-0.25, -0.2) is 0 Å². The molecule has 0 atom stereocenters. The molecule has 1 aliphatic rings. The molecule has 0 aromatic heterocycles. The number of hydrogen-bond acceptors (Lipinski definition) is 3. The van der Waals surface area contributed by atoms with Gasteiger partial charge in [0.15, 0.2) is 0 Å². The lowest BCUT2D eigenvalue weighted by Crippen LogP contribution is -2.30. The van der Waals surface area contributed by atoms with Crippen molar-refractivity contribution in [3.8, 4) is 0 Å². The minimum atomic E-state index is 0.873. The Morgan fingerprint density at radius 2 is 2.33 bits per heavy atom. The Kier molecular flexibility index (Phi) is 3.41. The molecular weight excluding hydrogens is 204 g/mol. The minimum absolute atomic E-state index is 0.873. The van der Waals surface area contributed by atoms with Crippen molar-refractivity contribution in [2.24, 2.45) is 0 Å². The standard InChI is InChI=1S/C12H18N2S/c1-2-3-6-14-7-8-15-12-5-4-10(13)9-11(12)14/h4-5,9H,2-3,6-8,13H2,1H3. The first-order chi connectivity index (χ1) is 7.31. The third kappa shape index (κ3) is 2.40. The summed E-state index contributed by atoms with van der Waals surface area (Å²) in [6.45, 7) is 4.55. The van der Waals surface area contributed by atoms with Crippen LogP contribution in [0, 0.1) is 0 Å². The molecule has 0 bridgehead atoms. The van der Waals surface area contributed by atoms with Crippen molar-refractivity contribution >= 4 is 23.1 Å². The fraction of sp³-hybridized carbons (Fsp3) is 0.500. The molecule has 0 saturated heterocycles. The minimum Gasteiger partial charge on any atom is -0.399 e. The summed E-state index contributed by atoms with van der Waals surface area (Å²) in [5.41, 5.74) is 8.04. The summed E-state index contributed by atoms with van der Waals surface area (Å²) in [7, 11) is 0. The number of anilines is 2. The highest BCUT2D eigenvalue weighted by Gasteiger charge is 2.16. The van der Waals surface area contributed by atoms with Gasteiger partial charge in [-0.05, 0) is 24.6 Å². The van der Waals surface area contributed by atoms with Crippen LogP contribution in [0.3, 0.4) is 0 Å². The first kappa shape index (κ1) is 10.7. The fourth-order valence-corrected chi connectivity index (χ4v) is 2.90. The predicted molar refractivity (Wildman–Crippen MR) is 68.7 cm³/mol. The molecule has 0 saturated carbocycles. The van der Waals surface area contributed by atoms with Crippen LogP contribution >= 0.6 is 11.8 Å². The van der Waals surface area contributed by atoms with E-state index in [1.54, 1.807) is 0 Å². The number of hydrogen-bond donors (Lipinski definition) is 1. The van der Waals surface area contributed by atoms with Crippen molar-refractivity contribution in [1.29, 1.82) is 0 Å². The van der Waals surface area contributed by atoms with E-state index in [2.05, 4.69) is 24.0 Å². The zero-order valence-corrected chi connectivity index (χ0v) is 10.0. The molecule has 0 spiro atoms. The normalized spacial score (nSPS) is 15.1. The van der Waals surface area contributed by atoms with Crippen LogP contribution in [-0.4, -0.2) is 18.8 Å². The zero-order valence-electron chi connectivity index (χ0n) is 9.20. The Bertz CT molecular complexity index is 338. The Morgan fingerprint density at radius 3 is 3.13 bits per heavy atom. The second-order valence-electron chi connectivity index (χ2n) is 3.92. The number of rotatable bonds is 3. The maximum absolute atomic E-state index is 5.84. The number of nitrogen functional groups attached to an aromatic ring is 1. The summed E-state index contributed by atoms with van der Waals surface area (Å²) in [6, 6.07) is 6.25. The Labute approximate surface area is 95.8 Å². The van der Waals surface area contributed by atoms with E-state index >= 15 is 0 Å². The van der Waals surface area contributed by atoms with E-state index < -0.39 is 0 Å². The highest BCUT2D eigenvalue weighted by atomic mass is 32.2. The van der Waals surface area contributed by atoms with Crippen LogP contribution in [0.25, 0.3) is 0 Å². The summed E-state index contributed by atoms with van der Waals surface area (Å²) in [5.74, 6) is 1.20. The smallest absolute Gasteiger partial charge is 0.0525 e. The lowest BCUT2D eigenvalue weighted by molar-refractivity contribution is 0.726. The van der Waals surface area contributed by atoms with Crippen LogP contribution in [0.1, 0.15) is 19.8 Å². The maximum Gasteiger partial charge on any atom is 0.0525 e. The molecule has 0 fully saturated rings. The molecule has 2 nitrogen and oxygen atoms in total. The SMILES string of the molecule is CCCCN1CCSc2ccc(N)cc21. The van der Waals surface area contributed by atoms with Gasteiger partial charge in [-0.3, -0.25) is 0 Å². The van der Waals surface area contributed by atoms with Crippen LogP contribution in [0.4, 0.5) is 11.4 Å². The van der Waals surface area contributed by atoms with Crippen LogP contribution < -0.4 is 10.6 Å². The van der Waals surface area contributed by atoms with Gasteiger partial charge in [-0.1, -0.05) is 13.3 Å². The molecule has 1 aromatic carbocycles. The third-order valence-electron chi connectivity index (χ3n) is 2.72. The number of nitrogens with zero attached hydrogens (tertiary/aromatic N) is 1. The third-order valence-corrected chi connectivity index (χ3v) is 3.77. The van der Waals surface area contributed by atoms with E-state index in [9.17, 15) is 0 Å². The molecule has 15 heavy (non-hydrogen) atoms. The van der Waals surface area contributed by atoms with Crippen molar-refractivity contribution < 1.29 is 0 Å². The molecule has 0 radical (unpaired) electrons. The number of nitrogens with two attached hydrogens (primary N) is 1. The average Bonchev–Trinajstić information content (AvgIpc) is 2.26. The highest BCUT2D eigenvalue weighted by molar-refractivity contribution is 7.99. The van der Waals surface area contributed by atoms with Gasteiger partial charge in [0, 0.05) is 29.4 Å². The summed E-state index contributed by atoms with van der Waals surface area (Å²) in [5, 5.41) is 0. The number of fused-ring (bicyclic) bond motifs is 1. The summed E-state index contributed by atoms with van der Waals surface area (Å²) >= 11 is 1.94. The van der Waals surface area contributed by atoms with Crippen LogP contribution in [0.15, 0.2) is 23.1 Å². The molecule has 0 amide bonds. The van der Waals surface area contributed by atoms with Gasteiger partial charge >= 0.3 is 0 Å². The molecule has 1 aliphatic heterocycles. The number of thioether (sulfide) groups is 1. The molecular formula is C12H18N2S. The van der Waals surface area contributed by atoms with Gasteiger partial charge in [-0.15, -0.1) is 11.8 Å². The Hall–Kier alpha value is -0.830. The van der Waals surface area contributed by atoms with E-state index in [1.807, 2.05) is 17.8 Å². The quantitative estimate of drug-likeness (QED) is 0.797. The van der Waals surface area contributed by atoms with Gasteiger partial charge < -0.3 is 10.6 Å². The highest BCUT2D eigenvalue weighted by Crippen LogP contribution is 2.35. The van der Waals surface area contributed by atoms with Crippen molar-refractivity contribution in [3.05, 3.63) is 18.2 Å². The van der Waals surface area contributed by atoms with E-state index in [0.29, 0.717) is 0 Å². The predicted octanol–water partition coefficient (Wildman–Crippen LogP) is 2.98. The van der Waals surface area contributed by atoms with Crippen LogP contribution in [-0.2, 0) is 0 Å². The van der Waals surface area contributed by atoms with Gasteiger partial charge in [0.25, 0.3) is 0 Å². The van der Waals surface area contributed by atoms with Gasteiger partial charge in [0.05, 0.1) is 5.69 Å². The van der Waals surface area contributed by atoms with Crippen LogP contribution in [0.5, 0.6) is 0 Å². The number of unbranched alkanes of at least 4 members (excludes halogenated alkanes) is 1. The van der Waals surface area contributed by atoms with Crippen molar-refractivity contribution in [3.63, 3.8) is 0 Å². The maximum atomic E-state index is 5.84. The molecule has 1 heterocycles. The van der Waals surface area contributed by atoms with Crippen molar-refractivity contribution in [2.45, 2.75) is 24.7 Å². The van der Waals surface area contributed by atoms with Gasteiger partial charge in [-0.2, -0.15) is 0 Å². The van der Waals surface area contributed by atoms with Gasteiger partial charge in [0.1, 0.15) is 0 Å². The summed E-state index contributed by atoms with van der Waals surface area (Å²) in [6.07, 6.45) is 2.51. The second kappa shape index (κ2) is 4.79. The topological polar surface area (TPSA) is 29.3 Å². The summed E-state index contributed by atoms with van der Waals surface area (Å²) in [4.78, 5) is 3.85. The molecule has 0 aliphatic carbocycles. The summed E-state index contributed by atoms with van der Waals surface area (Å²) < 4.78 is 0. The van der Waals surface area contributed by atoms with E-state index in [4.69, 9.17) is 5.73 Å². The second-order valence-corrected chi connectivity index (χ2v) is 5.05. The first-order valence-corrected chi connectivity index (χ1v) is 6.57. The van der Waals surface area contributed by atoms with Crippen molar-refractivity contribution in [2.75, 3.05) is 29.5 Å². The van der Waals surface area contributed by atoms with E-state index in [0.717, 1.165) is 18.8 Å². The molecule has 2 N–H and O–H groups in total. The van der Waals surface area contributed by atoms with Gasteiger partial charge in [0.2, 0.25) is 0 Å². The lowest BCUT2D eigenvalue weighted by atomic mass is 10.2. The zero-order chi connectivity index (χ0) is 10.7. The Morgan fingerprint density at radius 1 is 1.47 bits per heavy atom.